The molecule has 0 saturated carbocycles. The predicted octanol–water partition coefficient (Wildman–Crippen LogP) is 10.8. The Hall–Kier alpha value is -3.53. The number of allylic oxidation sites excluding steroid dienone is 14. The number of hydrogen-bond acceptors (Lipinski definition) is 8. The van der Waals surface area contributed by atoms with Crippen molar-refractivity contribution in [3.8, 4) is 0 Å². The Morgan fingerprint density at radius 3 is 1.47 bits per heavy atom. The van der Waals surface area contributed by atoms with Gasteiger partial charge >= 0.3 is 11.9 Å². The van der Waals surface area contributed by atoms with Crippen LogP contribution in [0.15, 0.2) is 85.1 Å². The summed E-state index contributed by atoms with van der Waals surface area (Å²) in [7, 11) is 5.88. The number of carbonyl (C=O) groups excluding carboxylic acids is 3. The lowest BCUT2D eigenvalue weighted by molar-refractivity contribution is -0.870. The highest BCUT2D eigenvalue weighted by atomic mass is 16.7. The zero-order chi connectivity index (χ0) is 43.5. The summed E-state index contributed by atoms with van der Waals surface area (Å²) in [6.07, 6.45) is 49.0. The van der Waals surface area contributed by atoms with Gasteiger partial charge in [0.15, 0.2) is 12.4 Å². The number of esters is 2. The number of hydrogen-bond donors (Lipinski definition) is 0. The van der Waals surface area contributed by atoms with Crippen molar-refractivity contribution in [2.45, 2.75) is 167 Å². The van der Waals surface area contributed by atoms with Crippen molar-refractivity contribution >= 4 is 17.9 Å². The molecule has 0 fully saturated rings. The molecule has 0 aromatic carbocycles. The van der Waals surface area contributed by atoms with Crippen molar-refractivity contribution in [2.75, 3.05) is 47.5 Å². The summed E-state index contributed by atoms with van der Waals surface area (Å²) >= 11 is 0. The van der Waals surface area contributed by atoms with Crippen molar-refractivity contribution < 1.29 is 42.9 Å². The molecule has 0 spiro atoms. The highest BCUT2D eigenvalue weighted by Gasteiger charge is 2.21. The third-order valence-corrected chi connectivity index (χ3v) is 9.13. The van der Waals surface area contributed by atoms with Gasteiger partial charge in [-0.05, 0) is 89.9 Å². The largest absolute Gasteiger partial charge is 0.545 e. The molecule has 0 radical (unpaired) electrons. The molecule has 0 aliphatic heterocycles. The van der Waals surface area contributed by atoms with Gasteiger partial charge in [-0.25, -0.2) is 0 Å². The molecule has 0 aromatic rings. The zero-order valence-corrected chi connectivity index (χ0v) is 37.8. The summed E-state index contributed by atoms with van der Waals surface area (Å²) in [5, 5.41) is 11.7. The van der Waals surface area contributed by atoms with Crippen LogP contribution in [0.2, 0.25) is 0 Å². The summed E-state index contributed by atoms with van der Waals surface area (Å²) in [5.74, 6) is -2.37. The Balaban J connectivity index is 4.52. The van der Waals surface area contributed by atoms with Gasteiger partial charge in [0.25, 0.3) is 0 Å². The van der Waals surface area contributed by atoms with Gasteiger partial charge in [0.05, 0.1) is 40.3 Å². The van der Waals surface area contributed by atoms with Crippen molar-refractivity contribution in [1.29, 1.82) is 0 Å². The number of carboxylic acids is 1. The topological polar surface area (TPSA) is 111 Å². The second-order valence-electron chi connectivity index (χ2n) is 16.0. The predicted molar refractivity (Wildman–Crippen MR) is 241 cm³/mol. The summed E-state index contributed by atoms with van der Waals surface area (Å²) < 4.78 is 22.5. The molecule has 0 aromatic heterocycles. The van der Waals surface area contributed by atoms with Gasteiger partial charge in [0.1, 0.15) is 13.2 Å². The van der Waals surface area contributed by atoms with Crippen molar-refractivity contribution in [1.82, 2.24) is 0 Å². The number of carbonyl (C=O) groups is 3. The summed E-state index contributed by atoms with van der Waals surface area (Å²) in [6.45, 7) is 4.50. The molecule has 2 atom stereocenters. The quantitative estimate of drug-likeness (QED) is 0.0197. The van der Waals surface area contributed by atoms with Crippen LogP contribution in [0.3, 0.4) is 0 Å². The van der Waals surface area contributed by atoms with E-state index in [0.717, 1.165) is 89.9 Å². The van der Waals surface area contributed by atoms with Crippen molar-refractivity contribution in [3.05, 3.63) is 85.1 Å². The molecule has 0 bridgehead atoms. The Labute approximate surface area is 359 Å². The second kappa shape index (κ2) is 41.2. The average molecular weight is 826 g/mol. The van der Waals surface area contributed by atoms with Crippen LogP contribution in [-0.2, 0) is 33.3 Å². The maximum atomic E-state index is 12.7. The van der Waals surface area contributed by atoms with Gasteiger partial charge in [-0.2, -0.15) is 0 Å². The number of unbranched alkanes of at least 4 members (excludes halogenated alkanes) is 11. The lowest BCUT2D eigenvalue weighted by Gasteiger charge is -2.26. The van der Waals surface area contributed by atoms with Crippen LogP contribution in [0.1, 0.15) is 155 Å². The molecule has 0 aliphatic carbocycles. The number of aliphatic carboxylic acids is 1. The van der Waals surface area contributed by atoms with E-state index in [9.17, 15) is 19.5 Å². The second-order valence-corrected chi connectivity index (χ2v) is 16.0. The van der Waals surface area contributed by atoms with E-state index >= 15 is 0 Å². The molecule has 0 aliphatic rings. The maximum Gasteiger partial charge on any atom is 0.306 e. The average Bonchev–Trinajstić information content (AvgIpc) is 3.19. The number of ether oxygens (including phenoxy) is 4. The van der Waals surface area contributed by atoms with Crippen LogP contribution in [0.5, 0.6) is 0 Å². The first-order valence-electron chi connectivity index (χ1n) is 22.7. The van der Waals surface area contributed by atoms with Gasteiger partial charge in [-0.15, -0.1) is 0 Å². The maximum absolute atomic E-state index is 12.7. The van der Waals surface area contributed by atoms with E-state index in [4.69, 9.17) is 18.9 Å². The first kappa shape index (κ1) is 55.5. The fraction of sp³-hybridized carbons (Fsp3) is 0.660. The lowest BCUT2D eigenvalue weighted by atomic mass is 10.1. The number of rotatable bonds is 40. The van der Waals surface area contributed by atoms with Gasteiger partial charge in [0.2, 0.25) is 0 Å². The summed E-state index contributed by atoms with van der Waals surface area (Å²) in [6, 6.07) is 0. The third-order valence-electron chi connectivity index (χ3n) is 9.13. The van der Waals surface area contributed by atoms with Crippen LogP contribution >= 0.6 is 0 Å². The van der Waals surface area contributed by atoms with Crippen LogP contribution in [-0.4, -0.2) is 82.3 Å². The van der Waals surface area contributed by atoms with Gasteiger partial charge < -0.3 is 33.3 Å². The SMILES string of the molecule is CC/C=C\C/C=C\C/C=C\C/C=C\CCCCC(=O)OC(COC(=O)CCCCCCCC/C=C\C/C=C\C/C=C\CCCCC)COC(OCC[N+](C)(C)C)C(=O)[O-]. The fourth-order valence-corrected chi connectivity index (χ4v) is 5.59. The zero-order valence-electron chi connectivity index (χ0n) is 37.8. The van der Waals surface area contributed by atoms with Gasteiger partial charge in [-0.3, -0.25) is 9.59 Å². The Morgan fingerprint density at radius 2 is 0.966 bits per heavy atom. The minimum atomic E-state index is -1.64. The Kier molecular flexibility index (Phi) is 38.7. The van der Waals surface area contributed by atoms with Crippen LogP contribution in [0.25, 0.3) is 0 Å². The molecule has 9 heteroatoms. The molecule has 2 unspecified atom stereocenters. The first-order chi connectivity index (χ1) is 28.6. The minimum Gasteiger partial charge on any atom is -0.545 e. The molecule has 0 rings (SSSR count). The number of nitrogens with zero attached hydrogens (tertiary/aromatic N) is 1. The highest BCUT2D eigenvalue weighted by Crippen LogP contribution is 2.12. The van der Waals surface area contributed by atoms with Crippen molar-refractivity contribution in [3.63, 3.8) is 0 Å². The number of likely N-dealkylation sites (N-methyl/N-ethyl adjacent to an activating group) is 1. The molecule has 9 nitrogen and oxygen atoms in total. The molecule has 336 valence electrons. The molecule has 0 heterocycles. The molecular weight excluding hydrogens is 743 g/mol. The summed E-state index contributed by atoms with van der Waals surface area (Å²) in [5.41, 5.74) is 0. The van der Waals surface area contributed by atoms with Crippen LogP contribution in [0.4, 0.5) is 0 Å². The van der Waals surface area contributed by atoms with Crippen LogP contribution < -0.4 is 5.11 Å². The Morgan fingerprint density at radius 1 is 0.525 bits per heavy atom. The number of quaternary nitrogens is 1. The minimum absolute atomic E-state index is 0.132. The van der Waals surface area contributed by atoms with E-state index in [1.807, 2.05) is 21.1 Å². The van der Waals surface area contributed by atoms with E-state index in [1.54, 1.807) is 0 Å². The highest BCUT2D eigenvalue weighted by molar-refractivity contribution is 5.70. The standard InChI is InChI=1S/C50H83NO8/c1-6-8-10-12-14-16-18-20-22-23-24-25-27-28-30-32-34-36-38-40-47(52)57-44-46(45-58-50(49(54)55)56-43-42-51(3,4)5)59-48(53)41-39-37-35-33-31-29-26-21-19-17-15-13-11-9-7-2/h9,11,14-17,20-22,24-26,31,33,46,50H,6-8,10,12-13,18-19,23,27-30,32,34-45H2,1-5H3/b11-9-,16-14-,17-15-,22-20-,25-24-,26-21-,33-31-. The third kappa shape index (κ3) is 42.4. The molecule has 59 heavy (non-hydrogen) atoms. The molecule has 0 amide bonds. The van der Waals surface area contributed by atoms with E-state index < -0.39 is 24.3 Å². The molecule has 0 N–H and O–H groups in total. The van der Waals surface area contributed by atoms with Gasteiger partial charge in [0, 0.05) is 12.8 Å². The van der Waals surface area contributed by atoms with Gasteiger partial charge in [-0.1, -0.05) is 137 Å². The first-order valence-corrected chi connectivity index (χ1v) is 22.7. The van der Waals surface area contributed by atoms with Crippen molar-refractivity contribution in [2.24, 2.45) is 0 Å². The lowest BCUT2D eigenvalue weighted by Crippen LogP contribution is -2.44. The molecular formula is C50H83NO8. The van der Waals surface area contributed by atoms with Crippen LogP contribution in [0, 0.1) is 0 Å². The molecule has 0 saturated heterocycles. The monoisotopic (exact) mass is 826 g/mol. The van der Waals surface area contributed by atoms with E-state index in [0.29, 0.717) is 23.9 Å². The van der Waals surface area contributed by atoms with E-state index in [1.165, 1.54) is 25.7 Å². The Bertz CT molecular complexity index is 1240. The van der Waals surface area contributed by atoms with E-state index in [-0.39, 0.29) is 38.6 Å². The normalized spacial score (nSPS) is 13.7. The van der Waals surface area contributed by atoms with E-state index in [2.05, 4.69) is 98.9 Å². The smallest absolute Gasteiger partial charge is 0.306 e. The fourth-order valence-electron chi connectivity index (χ4n) is 5.59. The number of carboxylic acid groups (broad SMARTS) is 1. The summed E-state index contributed by atoms with van der Waals surface area (Å²) in [4.78, 5) is 37.0.